The van der Waals surface area contributed by atoms with Crippen molar-refractivity contribution < 1.29 is 4.79 Å². The third kappa shape index (κ3) is 3.28. The summed E-state index contributed by atoms with van der Waals surface area (Å²) in [4.78, 5) is 20.4. The summed E-state index contributed by atoms with van der Waals surface area (Å²) in [6.07, 6.45) is 0. The van der Waals surface area contributed by atoms with Gasteiger partial charge in [-0.1, -0.05) is 0 Å². The summed E-state index contributed by atoms with van der Waals surface area (Å²) in [6.45, 7) is 5.97. The van der Waals surface area contributed by atoms with Gasteiger partial charge in [0.2, 0.25) is 5.91 Å². The van der Waals surface area contributed by atoms with Gasteiger partial charge in [0, 0.05) is 31.6 Å². The molecule has 0 aromatic carbocycles. The van der Waals surface area contributed by atoms with Gasteiger partial charge in [0.05, 0.1) is 23.8 Å². The fraction of sp³-hybridized carbons (Fsp3) is 0.667. The zero-order chi connectivity index (χ0) is 13.0. The van der Waals surface area contributed by atoms with E-state index in [1.807, 2.05) is 22.8 Å². The molecule has 2 heterocycles. The number of amides is 1. The first-order chi connectivity index (χ1) is 8.68. The van der Waals surface area contributed by atoms with Crippen LogP contribution in [0.3, 0.4) is 0 Å². The van der Waals surface area contributed by atoms with Gasteiger partial charge in [-0.3, -0.25) is 9.69 Å². The molecule has 2 rings (SSSR count). The Bertz CT molecular complexity index is 375. The minimum Gasteiger partial charge on any atom is -0.339 e. The van der Waals surface area contributed by atoms with E-state index in [2.05, 4.69) is 22.1 Å². The molecule has 0 bridgehead atoms. The number of rotatable bonds is 4. The summed E-state index contributed by atoms with van der Waals surface area (Å²) in [6, 6.07) is 0.183. The van der Waals surface area contributed by atoms with Gasteiger partial charge in [0.15, 0.2) is 0 Å². The lowest BCUT2D eigenvalue weighted by molar-refractivity contribution is -0.133. The van der Waals surface area contributed by atoms with Crippen LogP contribution in [-0.4, -0.2) is 60.5 Å². The van der Waals surface area contributed by atoms with Crippen LogP contribution < -0.4 is 5.32 Å². The maximum Gasteiger partial charge on any atom is 0.236 e. The number of nitrogens with zero attached hydrogens (tertiary/aromatic N) is 3. The fourth-order valence-electron chi connectivity index (χ4n) is 2.02. The van der Waals surface area contributed by atoms with E-state index in [-0.39, 0.29) is 11.9 Å². The maximum absolute atomic E-state index is 12.1. The lowest BCUT2D eigenvalue weighted by Gasteiger charge is -2.30. The van der Waals surface area contributed by atoms with Crippen LogP contribution in [0.25, 0.3) is 0 Å². The number of carbonyl (C=O) groups is 1. The first kappa shape index (κ1) is 13.5. The summed E-state index contributed by atoms with van der Waals surface area (Å²) in [5.74, 6) is 0.209. The van der Waals surface area contributed by atoms with Crippen LogP contribution in [0.2, 0.25) is 0 Å². The van der Waals surface area contributed by atoms with Crippen LogP contribution in [-0.2, 0) is 4.79 Å². The van der Waals surface area contributed by atoms with Crippen LogP contribution in [0.5, 0.6) is 0 Å². The maximum atomic E-state index is 12.1. The van der Waals surface area contributed by atoms with Gasteiger partial charge in [0.25, 0.3) is 0 Å². The van der Waals surface area contributed by atoms with Crippen LogP contribution in [0, 0.1) is 0 Å². The lowest BCUT2D eigenvalue weighted by Crippen LogP contribution is -2.49. The Kier molecular flexibility index (Phi) is 4.68. The third-order valence-corrected chi connectivity index (χ3v) is 4.00. The number of thiazole rings is 1. The van der Waals surface area contributed by atoms with Gasteiger partial charge in [-0.2, -0.15) is 0 Å². The molecule has 0 saturated carbocycles. The highest BCUT2D eigenvalue weighted by molar-refractivity contribution is 7.07. The van der Waals surface area contributed by atoms with Crippen molar-refractivity contribution in [2.75, 3.05) is 39.8 Å². The van der Waals surface area contributed by atoms with E-state index in [1.54, 1.807) is 11.3 Å². The van der Waals surface area contributed by atoms with Crippen molar-refractivity contribution in [3.05, 3.63) is 16.6 Å². The van der Waals surface area contributed by atoms with Crippen molar-refractivity contribution in [2.45, 2.75) is 13.0 Å². The van der Waals surface area contributed by atoms with E-state index >= 15 is 0 Å². The Morgan fingerprint density at radius 2 is 2.33 bits per heavy atom. The largest absolute Gasteiger partial charge is 0.339 e. The second-order valence-electron chi connectivity index (χ2n) is 4.64. The molecule has 1 aromatic heterocycles. The van der Waals surface area contributed by atoms with Gasteiger partial charge < -0.3 is 10.2 Å². The molecule has 1 saturated heterocycles. The Hall–Kier alpha value is -0.980. The molecule has 0 aliphatic carbocycles. The molecule has 1 unspecified atom stereocenters. The van der Waals surface area contributed by atoms with Crippen molar-refractivity contribution >= 4 is 17.2 Å². The molecule has 1 N–H and O–H groups in total. The topological polar surface area (TPSA) is 48.5 Å². The van der Waals surface area contributed by atoms with Gasteiger partial charge in [-0.25, -0.2) is 4.98 Å². The average Bonchev–Trinajstić information content (AvgIpc) is 2.92. The molecule has 1 aliphatic heterocycles. The molecule has 100 valence electrons. The van der Waals surface area contributed by atoms with Gasteiger partial charge >= 0.3 is 0 Å². The molecule has 1 amide bonds. The highest BCUT2D eigenvalue weighted by Crippen LogP contribution is 2.18. The number of nitrogens with one attached hydrogen (secondary N) is 1. The van der Waals surface area contributed by atoms with Crippen LogP contribution in [0.4, 0.5) is 0 Å². The molecule has 1 aliphatic rings. The van der Waals surface area contributed by atoms with E-state index in [9.17, 15) is 4.79 Å². The Morgan fingerprint density at radius 1 is 1.61 bits per heavy atom. The number of likely N-dealkylation sites (N-methyl/N-ethyl adjacent to an activating group) is 1. The molecule has 1 atom stereocenters. The summed E-state index contributed by atoms with van der Waals surface area (Å²) < 4.78 is 0. The number of hydrogen-bond donors (Lipinski definition) is 1. The number of aromatic nitrogens is 1. The molecule has 6 heteroatoms. The van der Waals surface area contributed by atoms with Gasteiger partial charge in [-0.05, 0) is 14.0 Å². The molecular formula is C12H20N4OS. The smallest absolute Gasteiger partial charge is 0.236 e. The quantitative estimate of drug-likeness (QED) is 0.867. The second kappa shape index (κ2) is 6.26. The van der Waals surface area contributed by atoms with E-state index in [0.717, 1.165) is 31.9 Å². The minimum absolute atomic E-state index is 0.183. The molecule has 1 fully saturated rings. The average molecular weight is 268 g/mol. The van der Waals surface area contributed by atoms with E-state index < -0.39 is 0 Å². The first-order valence-corrected chi connectivity index (χ1v) is 7.19. The molecular weight excluding hydrogens is 248 g/mol. The van der Waals surface area contributed by atoms with E-state index in [1.165, 1.54) is 0 Å². The van der Waals surface area contributed by atoms with Crippen molar-refractivity contribution in [3.8, 4) is 0 Å². The monoisotopic (exact) mass is 268 g/mol. The number of piperazine rings is 1. The number of hydrogen-bond acceptors (Lipinski definition) is 5. The van der Waals surface area contributed by atoms with E-state index in [0.29, 0.717) is 6.54 Å². The van der Waals surface area contributed by atoms with Crippen molar-refractivity contribution in [1.29, 1.82) is 0 Å². The van der Waals surface area contributed by atoms with Gasteiger partial charge in [-0.15, -0.1) is 11.3 Å². The number of carbonyl (C=O) groups excluding carboxylic acids is 1. The molecule has 0 radical (unpaired) electrons. The lowest BCUT2D eigenvalue weighted by atomic mass is 10.2. The van der Waals surface area contributed by atoms with Crippen LogP contribution in [0.15, 0.2) is 10.9 Å². The predicted molar refractivity (Wildman–Crippen MR) is 72.6 cm³/mol. The Balaban J connectivity index is 1.86. The Labute approximate surface area is 112 Å². The van der Waals surface area contributed by atoms with Crippen molar-refractivity contribution in [1.82, 2.24) is 20.1 Å². The normalized spacial score (nSPS) is 18.1. The SMILES string of the molecule is CC(c1cscn1)N(C)CC(=O)N1CCNCC1. The van der Waals surface area contributed by atoms with Crippen molar-refractivity contribution in [3.63, 3.8) is 0 Å². The van der Waals surface area contributed by atoms with Crippen LogP contribution >= 0.6 is 11.3 Å². The summed E-state index contributed by atoms with van der Waals surface area (Å²) in [7, 11) is 1.98. The van der Waals surface area contributed by atoms with Crippen molar-refractivity contribution in [2.24, 2.45) is 0 Å². The minimum atomic E-state index is 0.183. The molecule has 18 heavy (non-hydrogen) atoms. The summed E-state index contributed by atoms with van der Waals surface area (Å²) >= 11 is 1.59. The molecule has 5 nitrogen and oxygen atoms in total. The van der Waals surface area contributed by atoms with E-state index in [4.69, 9.17) is 0 Å². The van der Waals surface area contributed by atoms with Gasteiger partial charge in [0.1, 0.15) is 0 Å². The zero-order valence-electron chi connectivity index (χ0n) is 10.9. The summed E-state index contributed by atoms with van der Waals surface area (Å²) in [5.41, 5.74) is 2.87. The first-order valence-electron chi connectivity index (χ1n) is 6.25. The summed E-state index contributed by atoms with van der Waals surface area (Å²) in [5, 5.41) is 5.29. The fourth-order valence-corrected chi connectivity index (χ4v) is 2.66. The standard InChI is InChI=1S/C12H20N4OS/c1-10(11-8-18-9-14-11)15(2)7-12(17)16-5-3-13-4-6-16/h8-10,13H,3-7H2,1-2H3. The highest BCUT2D eigenvalue weighted by Gasteiger charge is 2.21. The third-order valence-electron chi connectivity index (χ3n) is 3.39. The van der Waals surface area contributed by atoms with Crippen LogP contribution in [0.1, 0.15) is 18.7 Å². The highest BCUT2D eigenvalue weighted by atomic mass is 32.1. The molecule has 1 aromatic rings. The molecule has 0 spiro atoms. The zero-order valence-corrected chi connectivity index (χ0v) is 11.7. The Morgan fingerprint density at radius 3 is 2.94 bits per heavy atom. The second-order valence-corrected chi connectivity index (χ2v) is 5.35. The predicted octanol–water partition coefficient (Wildman–Crippen LogP) is 0.568.